The number of halogens is 1. The average molecular weight is 264 g/mol. The molecule has 0 aliphatic carbocycles. The molecule has 4 heteroatoms. The van der Waals surface area contributed by atoms with Gasteiger partial charge < -0.3 is 0 Å². The quantitative estimate of drug-likeness (QED) is 0.662. The molecule has 1 aromatic heterocycles. The Morgan fingerprint density at radius 1 is 1.24 bits per heavy atom. The highest BCUT2D eigenvalue weighted by Gasteiger charge is 2.06. The minimum atomic E-state index is 0.664. The van der Waals surface area contributed by atoms with E-state index >= 15 is 0 Å². The van der Waals surface area contributed by atoms with Crippen molar-refractivity contribution in [3.8, 4) is 0 Å². The van der Waals surface area contributed by atoms with Gasteiger partial charge in [0.2, 0.25) is 6.20 Å². The van der Waals surface area contributed by atoms with E-state index in [4.69, 9.17) is 23.8 Å². The first-order chi connectivity index (χ1) is 8.15. The van der Waals surface area contributed by atoms with Crippen LogP contribution in [0, 0.1) is 6.92 Å². The van der Waals surface area contributed by atoms with E-state index in [1.165, 1.54) is 5.56 Å². The van der Waals surface area contributed by atoms with Crippen LogP contribution >= 0.6 is 23.8 Å². The minimum absolute atomic E-state index is 0.664. The number of aromatic nitrogens is 1. The second-order valence-electron chi connectivity index (χ2n) is 3.74. The van der Waals surface area contributed by atoms with Crippen LogP contribution in [0.3, 0.4) is 0 Å². The molecule has 2 nitrogen and oxygen atoms in total. The number of rotatable bonds is 2. The summed E-state index contributed by atoms with van der Waals surface area (Å²) in [4.78, 5) is 0.664. The summed E-state index contributed by atoms with van der Waals surface area (Å²) in [5.74, 6) is 0. The highest BCUT2D eigenvalue weighted by molar-refractivity contribution is 7.81. The number of nitrogens with one attached hydrogen (secondary N) is 1. The van der Waals surface area contributed by atoms with Gasteiger partial charge in [-0.05, 0) is 25.1 Å². The van der Waals surface area contributed by atoms with Gasteiger partial charge in [-0.3, -0.25) is 0 Å². The lowest BCUT2D eigenvalue weighted by Crippen LogP contribution is -2.47. The molecule has 0 fully saturated rings. The Labute approximate surface area is 111 Å². The summed E-state index contributed by atoms with van der Waals surface area (Å²) in [6.45, 7) is 2.03. The van der Waals surface area contributed by atoms with E-state index in [0.29, 0.717) is 10.0 Å². The van der Waals surface area contributed by atoms with E-state index in [9.17, 15) is 0 Å². The van der Waals surface area contributed by atoms with E-state index in [1.54, 1.807) is 0 Å². The van der Waals surface area contributed by atoms with E-state index in [2.05, 4.69) is 5.43 Å². The number of hydrogen-bond donors (Lipinski definition) is 1. The molecule has 0 unspecified atom stereocenters. The summed E-state index contributed by atoms with van der Waals surface area (Å²) in [5, 5.41) is 0.708. The van der Waals surface area contributed by atoms with Gasteiger partial charge in [0.05, 0.1) is 0 Å². The zero-order valence-electron chi connectivity index (χ0n) is 9.35. The fraction of sp³-hybridized carbons (Fsp3) is 0.0769. The molecule has 2 rings (SSSR count). The average Bonchev–Trinajstić information content (AvgIpc) is 2.29. The van der Waals surface area contributed by atoms with Crippen molar-refractivity contribution in [1.29, 1.82) is 0 Å². The zero-order valence-corrected chi connectivity index (χ0v) is 10.9. The van der Waals surface area contributed by atoms with Gasteiger partial charge in [0.15, 0.2) is 11.2 Å². The normalized spacial score (nSPS) is 10.0. The van der Waals surface area contributed by atoms with Gasteiger partial charge in [-0.1, -0.05) is 40.6 Å². The maximum absolute atomic E-state index is 5.83. The lowest BCUT2D eigenvalue weighted by atomic mass is 10.2. The fourth-order valence-corrected chi connectivity index (χ4v) is 1.81. The van der Waals surface area contributed by atoms with Gasteiger partial charge in [0.25, 0.3) is 0 Å². The van der Waals surface area contributed by atoms with Crippen molar-refractivity contribution in [2.45, 2.75) is 6.92 Å². The largest absolute Gasteiger partial charge is 0.202 e. The molecule has 0 saturated heterocycles. The Hall–Kier alpha value is -1.45. The molecule has 0 spiro atoms. The molecule has 1 N–H and O–H groups in total. The van der Waals surface area contributed by atoms with Crippen molar-refractivity contribution in [2.24, 2.45) is 0 Å². The monoisotopic (exact) mass is 263 g/mol. The van der Waals surface area contributed by atoms with Crippen molar-refractivity contribution in [3.63, 3.8) is 0 Å². The number of benzene rings is 1. The first kappa shape index (κ1) is 12.0. The van der Waals surface area contributed by atoms with Gasteiger partial charge in [-0.25, -0.2) is 0 Å². The number of thiocarbonyl (C=S) groups is 1. The third-order valence-electron chi connectivity index (χ3n) is 2.29. The summed E-state index contributed by atoms with van der Waals surface area (Å²) >= 11 is 11.1. The minimum Gasteiger partial charge on any atom is -0.149 e. The molecule has 17 heavy (non-hydrogen) atoms. The molecule has 0 saturated carbocycles. The molecule has 0 aliphatic heterocycles. The van der Waals surface area contributed by atoms with Crippen LogP contribution in [-0.2, 0) is 0 Å². The maximum atomic E-state index is 5.83. The molecule has 1 heterocycles. The van der Waals surface area contributed by atoms with Crippen LogP contribution in [0.15, 0.2) is 48.8 Å². The smallest absolute Gasteiger partial charge is 0.149 e. The van der Waals surface area contributed by atoms with Crippen LogP contribution in [0.4, 0.5) is 0 Å². The summed E-state index contributed by atoms with van der Waals surface area (Å²) in [5.41, 5.74) is 5.23. The van der Waals surface area contributed by atoms with Crippen LogP contribution < -0.4 is 10.1 Å². The van der Waals surface area contributed by atoms with E-state index < -0.39 is 0 Å². The maximum Gasteiger partial charge on any atom is 0.202 e. The van der Waals surface area contributed by atoms with E-state index in [0.717, 1.165) is 5.56 Å². The van der Waals surface area contributed by atoms with Crippen molar-refractivity contribution < 1.29 is 4.68 Å². The molecular formula is C13H12ClN2S+. The first-order valence-corrected chi connectivity index (χ1v) is 5.98. The van der Waals surface area contributed by atoms with Crippen molar-refractivity contribution in [1.82, 2.24) is 0 Å². The van der Waals surface area contributed by atoms with Crippen LogP contribution in [0.2, 0.25) is 5.02 Å². The highest BCUT2D eigenvalue weighted by Crippen LogP contribution is 2.09. The summed E-state index contributed by atoms with van der Waals surface area (Å²) in [7, 11) is 0. The van der Waals surface area contributed by atoms with E-state index in [-0.39, 0.29) is 0 Å². The fourth-order valence-electron chi connectivity index (χ4n) is 1.45. The Bertz CT molecular complexity index is 537. The molecule has 0 bridgehead atoms. The third-order valence-corrected chi connectivity index (χ3v) is 2.86. The predicted octanol–water partition coefficient (Wildman–Crippen LogP) is 2.86. The summed E-state index contributed by atoms with van der Waals surface area (Å²) in [6.07, 6.45) is 3.89. The van der Waals surface area contributed by atoms with Gasteiger partial charge in [-0.15, -0.1) is 5.43 Å². The van der Waals surface area contributed by atoms with Crippen molar-refractivity contribution in [2.75, 3.05) is 5.43 Å². The Kier molecular flexibility index (Phi) is 3.71. The SMILES string of the molecule is Cc1ccc[n+](NC(=S)c2ccc(Cl)cc2)c1. The molecule has 1 aromatic carbocycles. The molecule has 0 atom stereocenters. The molecule has 86 valence electrons. The zero-order chi connectivity index (χ0) is 12.3. The molecule has 0 radical (unpaired) electrons. The molecule has 0 amide bonds. The topological polar surface area (TPSA) is 15.9 Å². The van der Waals surface area contributed by atoms with Crippen LogP contribution in [-0.4, -0.2) is 4.99 Å². The first-order valence-electron chi connectivity index (χ1n) is 5.20. The van der Waals surface area contributed by atoms with Crippen molar-refractivity contribution in [3.05, 3.63) is 64.9 Å². The van der Waals surface area contributed by atoms with Gasteiger partial charge >= 0.3 is 0 Å². The molecular weight excluding hydrogens is 252 g/mol. The summed E-state index contributed by atoms with van der Waals surface area (Å²) in [6, 6.07) is 11.4. The van der Waals surface area contributed by atoms with Gasteiger partial charge in [0, 0.05) is 22.2 Å². The van der Waals surface area contributed by atoms with Gasteiger partial charge in [-0.2, -0.15) is 0 Å². The van der Waals surface area contributed by atoms with Crippen molar-refractivity contribution >= 4 is 28.8 Å². The van der Waals surface area contributed by atoms with E-state index in [1.807, 2.05) is 60.4 Å². The van der Waals surface area contributed by atoms with Crippen LogP contribution in [0.25, 0.3) is 0 Å². The second-order valence-corrected chi connectivity index (χ2v) is 4.58. The Morgan fingerprint density at radius 2 is 1.94 bits per heavy atom. The number of nitrogens with zero attached hydrogens (tertiary/aromatic N) is 1. The van der Waals surface area contributed by atoms with Gasteiger partial charge in [0.1, 0.15) is 0 Å². The van der Waals surface area contributed by atoms with Crippen LogP contribution in [0.5, 0.6) is 0 Å². The molecule has 2 aromatic rings. The van der Waals surface area contributed by atoms with Crippen LogP contribution in [0.1, 0.15) is 11.1 Å². The lowest BCUT2D eigenvalue weighted by Gasteiger charge is -2.03. The standard InChI is InChI=1S/C13H11ClN2S/c1-10-3-2-8-16(9-10)15-13(17)11-4-6-12(14)7-5-11/h2-9H,1H3/p+1. The highest BCUT2D eigenvalue weighted by atomic mass is 35.5. The predicted molar refractivity (Wildman–Crippen MR) is 73.9 cm³/mol. The number of pyridine rings is 1. The number of aryl methyl sites for hydroxylation is 1. The Balaban J connectivity index is 2.14. The summed E-state index contributed by atoms with van der Waals surface area (Å²) < 4.78 is 1.84. The number of hydrogen-bond acceptors (Lipinski definition) is 1. The lowest BCUT2D eigenvalue weighted by molar-refractivity contribution is -0.640. The Morgan fingerprint density at radius 3 is 2.59 bits per heavy atom. The second kappa shape index (κ2) is 5.25. The molecule has 0 aliphatic rings. The third kappa shape index (κ3) is 3.25.